The van der Waals surface area contributed by atoms with Crippen molar-refractivity contribution in [1.82, 2.24) is 19.9 Å². The zero-order chi connectivity index (χ0) is 79.8. The van der Waals surface area contributed by atoms with Crippen LogP contribution >= 0.6 is 0 Å². The highest BCUT2D eigenvalue weighted by Gasteiger charge is 2.53. The molecule has 0 saturated carbocycles. The molecule has 120 heavy (non-hydrogen) atoms. The summed E-state index contributed by atoms with van der Waals surface area (Å²) >= 11 is 0. The molecule has 17 aromatic carbocycles. The van der Waals surface area contributed by atoms with E-state index in [1.54, 1.807) is 0 Å². The van der Waals surface area contributed by atoms with Crippen molar-refractivity contribution in [3.63, 3.8) is 0 Å². The minimum Gasteiger partial charge on any atom is -0.238 e. The number of rotatable bonds is 11. The fourth-order valence-electron chi connectivity index (χ4n) is 19.1. The molecule has 0 bridgehead atoms. The van der Waals surface area contributed by atoms with Gasteiger partial charge in [0.05, 0.1) is 46.7 Å². The smallest absolute Gasteiger partial charge is 0.187 e. The van der Waals surface area contributed by atoms with Crippen molar-refractivity contribution >= 4 is 11.4 Å². The number of aromatic nitrogens is 4. The highest BCUT2D eigenvalue weighted by atomic mass is 14.9. The van der Waals surface area contributed by atoms with Gasteiger partial charge in [0.25, 0.3) is 0 Å². The molecule has 4 aliphatic rings. The third kappa shape index (κ3) is 11.7. The first kappa shape index (κ1) is 70.5. The first-order chi connectivity index (χ1) is 59.3. The molecule has 0 N–H and O–H groups in total. The topological polar surface area (TPSA) is 60.3 Å². The van der Waals surface area contributed by atoms with E-state index in [4.69, 9.17) is 33.1 Å². The Morgan fingerprint density at radius 2 is 0.383 bits per heavy atom. The van der Waals surface area contributed by atoms with Crippen molar-refractivity contribution in [2.45, 2.75) is 10.8 Å². The van der Waals surface area contributed by atoms with Crippen LogP contribution in [-0.2, 0) is 10.8 Å². The molecule has 0 unspecified atom stereocenters. The summed E-state index contributed by atoms with van der Waals surface area (Å²) in [6.07, 6.45) is 0. The largest absolute Gasteiger partial charge is 0.238 e. The summed E-state index contributed by atoms with van der Waals surface area (Å²) in [7, 11) is 0. The van der Waals surface area contributed by atoms with E-state index in [1.165, 1.54) is 100 Å². The van der Waals surface area contributed by atoms with Crippen LogP contribution in [0.4, 0.5) is 11.4 Å². The first-order valence-electron chi connectivity index (χ1n) is 40.6. The summed E-state index contributed by atoms with van der Waals surface area (Å²) in [5.74, 6) is 1.37. The Kier molecular flexibility index (Phi) is 17.0. The van der Waals surface area contributed by atoms with Gasteiger partial charge >= 0.3 is 0 Å². The van der Waals surface area contributed by atoms with Crippen molar-refractivity contribution in [2.75, 3.05) is 0 Å². The summed E-state index contributed by atoms with van der Waals surface area (Å²) in [5, 5.41) is 0. The molecule has 0 fully saturated rings. The molecule has 19 aromatic rings. The lowest BCUT2D eigenvalue weighted by Gasteiger charge is -2.30. The molecule has 6 nitrogen and oxygen atoms in total. The number of hydrogen-bond donors (Lipinski definition) is 0. The number of benzene rings is 17. The maximum absolute atomic E-state index is 7.87. The lowest BCUT2D eigenvalue weighted by Crippen LogP contribution is -2.25. The highest BCUT2D eigenvalue weighted by molar-refractivity contribution is 5.99. The SMILES string of the molecule is [C-]#[N+]c1ccc2c(c1)-c1cc(-c3ccc(-c4cc(-c5ccc(-c6ccccc6)cc5)nc(-c5ccccc5)n4)cc3)ccc1C21c2ccccc2-c2ccccc21.[C-]#[N+]c1ccc2c(c1)-c1ccc(-c3ccc(-c4nc(-c5ccc(-c6ccccc6)cc5)cc(-c5ccc(-c6ccccc6)cc5)n4)cc3)cc1C21c2ccccc2-c2ccccc21. The van der Waals surface area contributed by atoms with Crippen LogP contribution in [0.5, 0.6) is 0 Å². The molecule has 2 heterocycles. The predicted molar refractivity (Wildman–Crippen MR) is 489 cm³/mol. The Morgan fingerprint density at radius 3 is 0.742 bits per heavy atom. The van der Waals surface area contributed by atoms with Crippen molar-refractivity contribution in [3.05, 3.63) is 492 Å². The van der Waals surface area contributed by atoms with Crippen molar-refractivity contribution in [2.24, 2.45) is 0 Å². The van der Waals surface area contributed by atoms with Crippen LogP contribution in [0.1, 0.15) is 44.5 Å². The van der Waals surface area contributed by atoms with E-state index >= 15 is 0 Å². The summed E-state index contributed by atoms with van der Waals surface area (Å²) in [6, 6.07) is 151. The Bertz CT molecular complexity index is 7160. The Balaban J connectivity index is 0.000000145. The highest BCUT2D eigenvalue weighted by Crippen LogP contribution is 2.65. The van der Waals surface area contributed by atoms with E-state index in [-0.39, 0.29) is 0 Å². The lowest BCUT2D eigenvalue weighted by atomic mass is 9.70. The summed E-state index contributed by atoms with van der Waals surface area (Å²) in [6.45, 7) is 15.7. The van der Waals surface area contributed by atoms with Gasteiger partial charge < -0.3 is 0 Å². The van der Waals surface area contributed by atoms with E-state index in [0.717, 1.165) is 101 Å². The molecule has 4 aliphatic carbocycles. The number of hydrogen-bond acceptors (Lipinski definition) is 4. The summed E-state index contributed by atoms with van der Waals surface area (Å²) < 4.78 is 0. The standard InChI is InChI=1S/C60H37N3.C54H33N3/c1-61-48-33-35-55-52(37-48)51-34-32-47(36-56(51)60(55)53-18-10-8-16-49(53)50-17-9-11-19-54(50)60)43-24-30-46(31-25-43)59-62-57(44-26-20-41(21-27-44)39-12-4-2-5-13-39)38-58(63-59)45-28-22-42(23-29-45)40-14-6-3-7-15-40;1-55-42-29-31-50-46(33-42)45-32-41(28-30-49(45)54(50)47-18-10-8-16-43(47)44-17-9-11-19-48(44)54)37-22-26-39(27-23-37)52-34-51(56-53(57-52)40-14-6-3-7-15-40)38-24-20-36(21-25-38)35-12-4-2-5-13-35/h2-38H;2-34H. The third-order valence-corrected chi connectivity index (χ3v) is 24.7. The van der Waals surface area contributed by atoms with Gasteiger partial charge in [0.15, 0.2) is 23.0 Å². The van der Waals surface area contributed by atoms with Crippen LogP contribution in [0, 0.1) is 13.1 Å². The number of fused-ring (bicyclic) bond motifs is 20. The van der Waals surface area contributed by atoms with Crippen LogP contribution in [0.15, 0.2) is 425 Å². The molecule has 2 aromatic heterocycles. The Hall–Kier alpha value is -16.1. The van der Waals surface area contributed by atoms with Gasteiger partial charge in [0.2, 0.25) is 0 Å². The van der Waals surface area contributed by atoms with Crippen molar-refractivity contribution in [1.29, 1.82) is 0 Å². The van der Waals surface area contributed by atoms with Gasteiger partial charge in [-0.3, -0.25) is 0 Å². The van der Waals surface area contributed by atoms with Gasteiger partial charge in [-0.1, -0.05) is 388 Å². The molecular weight excluding hydrogens is 1450 g/mol. The van der Waals surface area contributed by atoms with Gasteiger partial charge in [-0.25, -0.2) is 29.6 Å². The monoisotopic (exact) mass is 1520 g/mol. The zero-order valence-electron chi connectivity index (χ0n) is 65.1. The molecule has 0 saturated heterocycles. The first-order valence-corrected chi connectivity index (χ1v) is 40.6. The van der Waals surface area contributed by atoms with Crippen LogP contribution < -0.4 is 0 Å². The number of nitrogens with zero attached hydrogens (tertiary/aromatic N) is 6. The molecule has 0 amide bonds. The molecule has 0 atom stereocenters. The fraction of sp³-hybridized carbons (Fsp3) is 0.0175. The minimum absolute atomic E-state index is 0.441. The predicted octanol–water partition coefficient (Wildman–Crippen LogP) is 29.1. The molecule has 556 valence electrons. The minimum atomic E-state index is -0.488. The van der Waals surface area contributed by atoms with Gasteiger partial charge in [0, 0.05) is 33.4 Å². The normalized spacial score (nSPS) is 12.6. The molecule has 6 heteroatoms. The van der Waals surface area contributed by atoms with Crippen molar-refractivity contribution in [3.8, 4) is 168 Å². The fourth-order valence-corrected chi connectivity index (χ4v) is 19.1. The van der Waals surface area contributed by atoms with Gasteiger partial charge in [0.1, 0.15) is 0 Å². The van der Waals surface area contributed by atoms with Gasteiger partial charge in [-0.15, -0.1) is 0 Å². The van der Waals surface area contributed by atoms with E-state index < -0.39 is 10.8 Å². The van der Waals surface area contributed by atoms with Crippen LogP contribution in [-0.4, -0.2) is 19.9 Å². The quantitative estimate of drug-likeness (QED) is 0.121. The molecule has 2 spiro atoms. The Morgan fingerprint density at radius 1 is 0.158 bits per heavy atom. The van der Waals surface area contributed by atoms with Crippen LogP contribution in [0.3, 0.4) is 0 Å². The van der Waals surface area contributed by atoms with E-state index in [0.29, 0.717) is 23.0 Å². The third-order valence-electron chi connectivity index (χ3n) is 24.7. The second-order valence-electron chi connectivity index (χ2n) is 31.2. The molecular formula is C114H70N6. The zero-order valence-corrected chi connectivity index (χ0v) is 65.1. The van der Waals surface area contributed by atoms with Crippen molar-refractivity contribution < 1.29 is 0 Å². The van der Waals surface area contributed by atoms with Gasteiger partial charge in [-0.2, -0.15) is 0 Å². The average Bonchev–Trinajstić information content (AvgIpc) is 1.51. The Labute approximate surface area is 697 Å². The van der Waals surface area contributed by atoms with E-state index in [9.17, 15) is 0 Å². The van der Waals surface area contributed by atoms with Crippen LogP contribution in [0.2, 0.25) is 0 Å². The molecule has 0 aliphatic heterocycles. The average molecular weight is 1520 g/mol. The molecule has 0 radical (unpaired) electrons. The second-order valence-corrected chi connectivity index (χ2v) is 31.2. The maximum atomic E-state index is 7.87. The molecule has 23 rings (SSSR count). The lowest BCUT2D eigenvalue weighted by molar-refractivity contribution is 0.794. The van der Waals surface area contributed by atoms with E-state index in [2.05, 4.69) is 386 Å². The maximum Gasteiger partial charge on any atom is 0.187 e. The van der Waals surface area contributed by atoms with Crippen LogP contribution in [0.25, 0.3) is 178 Å². The van der Waals surface area contributed by atoms with E-state index in [1.807, 2.05) is 48.5 Å². The summed E-state index contributed by atoms with van der Waals surface area (Å²) in [5.41, 5.74) is 41.2. The second kappa shape index (κ2) is 29.0. The van der Waals surface area contributed by atoms with Gasteiger partial charge in [-0.05, 0) is 181 Å². The summed E-state index contributed by atoms with van der Waals surface area (Å²) in [4.78, 5) is 28.3.